The summed E-state index contributed by atoms with van der Waals surface area (Å²) in [4.78, 5) is 12.1. The van der Waals surface area contributed by atoms with Gasteiger partial charge in [0, 0.05) is 12.0 Å². The lowest BCUT2D eigenvalue weighted by Crippen LogP contribution is -2.15. The molecule has 3 aromatic rings. The lowest BCUT2D eigenvalue weighted by Gasteiger charge is -2.10. The van der Waals surface area contributed by atoms with Gasteiger partial charge in [-0.2, -0.15) is 0 Å². The molecule has 0 fully saturated rings. The molecule has 1 amide bonds. The summed E-state index contributed by atoms with van der Waals surface area (Å²) in [7, 11) is 0. The molecule has 3 rings (SSSR count). The van der Waals surface area contributed by atoms with Crippen molar-refractivity contribution >= 4 is 23.5 Å². The van der Waals surface area contributed by atoms with Crippen molar-refractivity contribution in [1.29, 1.82) is 0 Å². The fourth-order valence-electron chi connectivity index (χ4n) is 2.28. The van der Waals surface area contributed by atoms with Crippen LogP contribution < -0.4 is 5.32 Å². The highest BCUT2D eigenvalue weighted by Crippen LogP contribution is 2.23. The Kier molecular flexibility index (Phi) is 5.22. The summed E-state index contributed by atoms with van der Waals surface area (Å²) in [5, 5.41) is 15.6. The van der Waals surface area contributed by atoms with Crippen LogP contribution in [-0.2, 0) is 11.3 Å². The first-order chi connectivity index (χ1) is 12.0. The van der Waals surface area contributed by atoms with Gasteiger partial charge in [0.2, 0.25) is 5.91 Å². The van der Waals surface area contributed by atoms with E-state index in [2.05, 4.69) is 34.5 Å². The normalized spacial score (nSPS) is 11.2. The zero-order valence-corrected chi connectivity index (χ0v) is 15.0. The van der Waals surface area contributed by atoms with Crippen LogP contribution in [0.25, 0.3) is 0 Å². The summed E-state index contributed by atoms with van der Waals surface area (Å²) < 4.78 is 12.3. The average molecular weight is 361 g/mol. The van der Waals surface area contributed by atoms with Crippen molar-refractivity contribution in [2.75, 3.05) is 11.1 Å². The molecular formula is C16H19N5O3S. The first-order valence-electron chi connectivity index (χ1n) is 7.84. The van der Waals surface area contributed by atoms with Gasteiger partial charge in [0.15, 0.2) is 11.0 Å². The molecule has 0 bridgehead atoms. The van der Waals surface area contributed by atoms with Crippen LogP contribution in [0.3, 0.4) is 0 Å². The molecule has 0 aliphatic carbocycles. The van der Waals surface area contributed by atoms with Crippen LogP contribution in [0, 0.1) is 6.92 Å². The van der Waals surface area contributed by atoms with E-state index < -0.39 is 0 Å². The van der Waals surface area contributed by atoms with Crippen LogP contribution in [0.15, 0.2) is 38.6 Å². The number of hydrogen-bond acceptors (Lipinski definition) is 7. The van der Waals surface area contributed by atoms with Crippen LogP contribution in [0.4, 0.5) is 5.82 Å². The monoisotopic (exact) mass is 361 g/mol. The molecule has 0 saturated heterocycles. The minimum absolute atomic E-state index is 0.183. The third kappa shape index (κ3) is 4.30. The maximum absolute atomic E-state index is 12.1. The molecule has 9 heteroatoms. The van der Waals surface area contributed by atoms with E-state index in [0.29, 0.717) is 23.3 Å². The summed E-state index contributed by atoms with van der Waals surface area (Å²) in [6.45, 7) is 6.40. The van der Waals surface area contributed by atoms with Gasteiger partial charge < -0.3 is 14.3 Å². The zero-order chi connectivity index (χ0) is 17.8. The second-order valence-electron chi connectivity index (χ2n) is 5.82. The molecule has 0 unspecified atom stereocenters. The third-order valence-corrected chi connectivity index (χ3v) is 4.35. The first kappa shape index (κ1) is 17.3. The summed E-state index contributed by atoms with van der Waals surface area (Å²) in [5.41, 5.74) is 0. The topological polar surface area (TPSA) is 99.0 Å². The lowest BCUT2D eigenvalue weighted by atomic mass is 10.2. The summed E-state index contributed by atoms with van der Waals surface area (Å²) in [6, 6.07) is 5.41. The molecule has 0 atom stereocenters. The van der Waals surface area contributed by atoms with Crippen molar-refractivity contribution in [2.45, 2.75) is 38.4 Å². The largest absolute Gasteiger partial charge is 0.467 e. The number of carbonyl (C=O) groups excluding carboxylic acids is 1. The Bertz CT molecular complexity index is 838. The number of furan rings is 1. The number of carbonyl (C=O) groups is 1. The van der Waals surface area contributed by atoms with Crippen molar-refractivity contribution in [2.24, 2.45) is 0 Å². The lowest BCUT2D eigenvalue weighted by molar-refractivity contribution is -0.113. The molecule has 8 nitrogen and oxygen atoms in total. The van der Waals surface area contributed by atoms with Crippen LogP contribution in [-0.4, -0.2) is 31.6 Å². The number of thioether (sulfide) groups is 1. The quantitative estimate of drug-likeness (QED) is 0.646. The number of aromatic nitrogens is 4. The number of rotatable bonds is 7. The number of hydrogen-bond donors (Lipinski definition) is 1. The van der Waals surface area contributed by atoms with Gasteiger partial charge in [-0.1, -0.05) is 30.8 Å². The van der Waals surface area contributed by atoms with Gasteiger partial charge in [0.05, 0.1) is 18.6 Å². The van der Waals surface area contributed by atoms with Crippen molar-refractivity contribution in [3.05, 3.63) is 41.8 Å². The molecule has 0 spiro atoms. The van der Waals surface area contributed by atoms with E-state index >= 15 is 0 Å². The van der Waals surface area contributed by atoms with Gasteiger partial charge in [-0.15, -0.1) is 10.2 Å². The van der Waals surface area contributed by atoms with Crippen molar-refractivity contribution in [3.63, 3.8) is 0 Å². The number of amides is 1. The minimum atomic E-state index is -0.183. The number of nitrogens with one attached hydrogen (secondary N) is 1. The van der Waals surface area contributed by atoms with Gasteiger partial charge in [0.1, 0.15) is 17.3 Å². The van der Waals surface area contributed by atoms with Crippen molar-refractivity contribution in [3.8, 4) is 0 Å². The Labute approximate surface area is 149 Å². The fourth-order valence-corrected chi connectivity index (χ4v) is 3.02. The highest BCUT2D eigenvalue weighted by molar-refractivity contribution is 7.99. The number of aryl methyl sites for hydroxylation is 1. The first-order valence-corrected chi connectivity index (χ1v) is 8.83. The Balaban J connectivity index is 1.68. The van der Waals surface area contributed by atoms with E-state index in [-0.39, 0.29) is 17.6 Å². The standard InChI is InChI=1S/C16H19N5O3S/c1-10(2)15-18-19-16(21(15)8-12-5-4-6-23-12)25-9-14(22)17-13-7-11(3)24-20-13/h4-7,10H,8-9H2,1-3H3,(H,17,20,22). The Hall–Kier alpha value is -2.55. The van der Waals surface area contributed by atoms with E-state index in [1.165, 1.54) is 11.8 Å². The van der Waals surface area contributed by atoms with Crippen molar-refractivity contribution < 1.29 is 13.7 Å². The molecule has 1 N–H and O–H groups in total. The predicted octanol–water partition coefficient (Wildman–Crippen LogP) is 3.07. The van der Waals surface area contributed by atoms with Gasteiger partial charge in [0.25, 0.3) is 0 Å². The molecule has 0 aliphatic rings. The predicted molar refractivity (Wildman–Crippen MR) is 92.5 cm³/mol. The zero-order valence-electron chi connectivity index (χ0n) is 14.2. The Morgan fingerprint density at radius 1 is 1.40 bits per heavy atom. The molecule has 132 valence electrons. The molecule has 25 heavy (non-hydrogen) atoms. The third-order valence-electron chi connectivity index (χ3n) is 3.38. The van der Waals surface area contributed by atoms with Gasteiger partial charge in [-0.05, 0) is 19.1 Å². The summed E-state index contributed by atoms with van der Waals surface area (Å²) in [5.74, 6) is 2.93. The summed E-state index contributed by atoms with van der Waals surface area (Å²) >= 11 is 1.32. The van der Waals surface area contributed by atoms with E-state index in [1.807, 2.05) is 16.7 Å². The SMILES string of the molecule is Cc1cc(NC(=O)CSc2nnc(C(C)C)n2Cc2ccco2)no1. The second-order valence-corrected chi connectivity index (χ2v) is 6.76. The van der Waals surface area contributed by atoms with Crippen LogP contribution in [0.5, 0.6) is 0 Å². The smallest absolute Gasteiger partial charge is 0.236 e. The van der Waals surface area contributed by atoms with Gasteiger partial charge in [-0.25, -0.2) is 0 Å². The van der Waals surface area contributed by atoms with Gasteiger partial charge >= 0.3 is 0 Å². The molecular weight excluding hydrogens is 342 g/mol. The Morgan fingerprint density at radius 3 is 2.88 bits per heavy atom. The van der Waals surface area contributed by atoms with Crippen LogP contribution in [0.1, 0.15) is 37.1 Å². The highest BCUT2D eigenvalue weighted by Gasteiger charge is 2.18. The van der Waals surface area contributed by atoms with Crippen molar-refractivity contribution in [1.82, 2.24) is 19.9 Å². The van der Waals surface area contributed by atoms with E-state index in [4.69, 9.17) is 8.94 Å². The molecule has 0 aromatic carbocycles. The maximum atomic E-state index is 12.1. The highest BCUT2D eigenvalue weighted by atomic mass is 32.2. The number of anilines is 1. The average Bonchev–Trinajstić information content (AvgIpc) is 3.28. The Morgan fingerprint density at radius 2 is 2.24 bits per heavy atom. The molecule has 0 saturated carbocycles. The fraction of sp³-hybridized carbons (Fsp3) is 0.375. The van der Waals surface area contributed by atoms with E-state index in [1.54, 1.807) is 19.3 Å². The molecule has 0 radical (unpaired) electrons. The van der Waals surface area contributed by atoms with Crippen LogP contribution >= 0.6 is 11.8 Å². The molecule has 0 aliphatic heterocycles. The van der Waals surface area contributed by atoms with Gasteiger partial charge in [-0.3, -0.25) is 9.36 Å². The second kappa shape index (κ2) is 7.56. The maximum Gasteiger partial charge on any atom is 0.236 e. The van der Waals surface area contributed by atoms with E-state index in [9.17, 15) is 4.79 Å². The number of nitrogens with zero attached hydrogens (tertiary/aromatic N) is 4. The molecule has 3 aromatic heterocycles. The van der Waals surface area contributed by atoms with Crippen LogP contribution in [0.2, 0.25) is 0 Å². The van der Waals surface area contributed by atoms with E-state index in [0.717, 1.165) is 11.6 Å². The minimum Gasteiger partial charge on any atom is -0.467 e. The summed E-state index contributed by atoms with van der Waals surface area (Å²) in [6.07, 6.45) is 1.63. The molecule has 3 heterocycles.